The van der Waals surface area contributed by atoms with Gasteiger partial charge in [-0.05, 0) is 52.3 Å². The lowest BCUT2D eigenvalue weighted by atomic mass is 10.2. The maximum atomic E-state index is 12.5. The molecule has 8 heteroatoms. The van der Waals surface area contributed by atoms with E-state index in [1.54, 1.807) is 32.9 Å². The van der Waals surface area contributed by atoms with Crippen molar-refractivity contribution in [2.24, 2.45) is 0 Å². The molecule has 2 rings (SSSR count). The molecule has 0 saturated carbocycles. The van der Waals surface area contributed by atoms with E-state index >= 15 is 0 Å². The molecule has 1 aromatic heterocycles. The van der Waals surface area contributed by atoms with Crippen LogP contribution in [-0.4, -0.2) is 39.4 Å². The number of hydrogen-bond acceptors (Lipinski definition) is 5. The van der Waals surface area contributed by atoms with Crippen LogP contribution in [0.4, 0.5) is 5.69 Å². The van der Waals surface area contributed by atoms with Crippen LogP contribution in [0.1, 0.15) is 54.2 Å². The second-order valence-electron chi connectivity index (χ2n) is 7.18. The van der Waals surface area contributed by atoms with E-state index in [9.17, 15) is 14.4 Å². The Balaban J connectivity index is 2.07. The highest BCUT2D eigenvalue weighted by molar-refractivity contribution is 6.10. The molecule has 0 aliphatic rings. The van der Waals surface area contributed by atoms with Crippen molar-refractivity contribution in [3.8, 4) is 0 Å². The van der Waals surface area contributed by atoms with E-state index in [0.717, 1.165) is 5.56 Å². The Kier molecular flexibility index (Phi) is 5.99. The number of aromatic nitrogens is 2. The highest BCUT2D eigenvalue weighted by Gasteiger charge is 2.26. The van der Waals surface area contributed by atoms with E-state index in [0.29, 0.717) is 5.69 Å². The topological polar surface area (TPSA) is 113 Å². The molecule has 0 unspecified atom stereocenters. The van der Waals surface area contributed by atoms with Crippen molar-refractivity contribution in [2.45, 2.75) is 46.3 Å². The number of anilines is 1. The van der Waals surface area contributed by atoms with Crippen molar-refractivity contribution in [1.29, 1.82) is 0 Å². The molecule has 1 atom stereocenters. The van der Waals surface area contributed by atoms with E-state index < -0.39 is 29.4 Å². The second kappa shape index (κ2) is 8.03. The molecule has 1 aromatic carbocycles. The molecule has 27 heavy (non-hydrogen) atoms. The van der Waals surface area contributed by atoms with Crippen LogP contribution in [0.2, 0.25) is 0 Å². The highest BCUT2D eigenvalue weighted by atomic mass is 16.6. The largest absolute Gasteiger partial charge is 0.458 e. The zero-order chi connectivity index (χ0) is 20.2. The minimum absolute atomic E-state index is 0.0319. The first-order chi connectivity index (χ1) is 12.6. The summed E-state index contributed by atoms with van der Waals surface area (Å²) in [5.41, 5.74) is 0.819. The minimum Gasteiger partial charge on any atom is -0.458 e. The third-order valence-corrected chi connectivity index (χ3v) is 3.47. The lowest BCUT2D eigenvalue weighted by Crippen LogP contribution is -2.42. The van der Waals surface area contributed by atoms with E-state index in [1.807, 2.05) is 19.1 Å². The quantitative estimate of drug-likeness (QED) is 0.698. The third kappa shape index (κ3) is 5.67. The van der Waals surface area contributed by atoms with Crippen LogP contribution in [0.25, 0.3) is 0 Å². The number of nitrogens with zero attached hydrogens (tertiary/aromatic N) is 1. The van der Waals surface area contributed by atoms with Crippen LogP contribution in [0.3, 0.4) is 0 Å². The van der Waals surface area contributed by atoms with Gasteiger partial charge in [0.1, 0.15) is 17.3 Å². The molecule has 0 saturated heterocycles. The predicted molar refractivity (Wildman–Crippen MR) is 100 cm³/mol. The molecule has 0 aliphatic heterocycles. The van der Waals surface area contributed by atoms with Gasteiger partial charge in [-0.15, -0.1) is 0 Å². The number of aryl methyl sites for hydroxylation is 1. The smallest absolute Gasteiger partial charge is 0.328 e. The molecule has 2 aromatic rings. The van der Waals surface area contributed by atoms with Gasteiger partial charge in [0.2, 0.25) is 0 Å². The number of rotatable bonds is 5. The monoisotopic (exact) mass is 372 g/mol. The average molecular weight is 372 g/mol. The van der Waals surface area contributed by atoms with Gasteiger partial charge in [-0.3, -0.25) is 9.59 Å². The molecule has 0 fully saturated rings. The molecule has 1 heterocycles. The number of carbonyl (C=O) groups excluding carboxylic acids is 3. The predicted octanol–water partition coefficient (Wildman–Crippen LogP) is 2.43. The zero-order valence-corrected chi connectivity index (χ0v) is 16.0. The van der Waals surface area contributed by atoms with Crippen molar-refractivity contribution in [3.63, 3.8) is 0 Å². The van der Waals surface area contributed by atoms with Crippen molar-refractivity contribution >= 4 is 23.5 Å². The fraction of sp³-hybridized carbons (Fsp3) is 0.368. The van der Waals surface area contributed by atoms with Gasteiger partial charge in [0, 0.05) is 5.69 Å². The molecule has 0 bridgehead atoms. The van der Waals surface area contributed by atoms with Crippen LogP contribution < -0.4 is 10.6 Å². The maximum Gasteiger partial charge on any atom is 0.328 e. The summed E-state index contributed by atoms with van der Waals surface area (Å²) in [6.07, 6.45) is 1.25. The van der Waals surface area contributed by atoms with Gasteiger partial charge in [0.25, 0.3) is 11.8 Å². The average Bonchev–Trinajstić information content (AvgIpc) is 3.03. The molecule has 0 radical (unpaired) electrons. The van der Waals surface area contributed by atoms with Gasteiger partial charge in [0.05, 0.1) is 6.33 Å². The van der Waals surface area contributed by atoms with E-state index in [4.69, 9.17) is 4.74 Å². The summed E-state index contributed by atoms with van der Waals surface area (Å²) in [7, 11) is 0. The first-order valence-electron chi connectivity index (χ1n) is 8.52. The Morgan fingerprint density at radius 2 is 1.89 bits per heavy atom. The van der Waals surface area contributed by atoms with Gasteiger partial charge in [0.15, 0.2) is 5.69 Å². The van der Waals surface area contributed by atoms with Crippen molar-refractivity contribution in [3.05, 3.63) is 47.5 Å². The lowest BCUT2D eigenvalue weighted by Gasteiger charge is -2.22. The lowest BCUT2D eigenvalue weighted by molar-refractivity contribution is -0.156. The molecule has 3 N–H and O–H groups in total. The molecule has 144 valence electrons. The van der Waals surface area contributed by atoms with Crippen LogP contribution in [0, 0.1) is 6.92 Å². The Labute approximate surface area is 157 Å². The number of imidazole rings is 1. The summed E-state index contributed by atoms with van der Waals surface area (Å²) < 4.78 is 5.23. The third-order valence-electron chi connectivity index (χ3n) is 3.47. The number of amides is 2. The first-order valence-corrected chi connectivity index (χ1v) is 8.52. The van der Waals surface area contributed by atoms with E-state index in [-0.39, 0.29) is 11.4 Å². The maximum absolute atomic E-state index is 12.5. The van der Waals surface area contributed by atoms with Crippen molar-refractivity contribution < 1.29 is 19.1 Å². The number of aromatic amines is 1. The van der Waals surface area contributed by atoms with Gasteiger partial charge in [-0.1, -0.05) is 12.1 Å². The molecule has 8 nitrogen and oxygen atoms in total. The first kappa shape index (κ1) is 20.2. The highest BCUT2D eigenvalue weighted by Crippen LogP contribution is 2.13. The number of nitrogens with one attached hydrogen (secondary N) is 3. The van der Waals surface area contributed by atoms with Crippen LogP contribution in [0.15, 0.2) is 30.6 Å². The van der Waals surface area contributed by atoms with E-state index in [1.165, 1.54) is 13.3 Å². The fourth-order valence-electron chi connectivity index (χ4n) is 2.27. The summed E-state index contributed by atoms with van der Waals surface area (Å²) in [5.74, 6) is -1.72. The number of hydrogen-bond donors (Lipinski definition) is 3. The molecule has 0 spiro atoms. The fourth-order valence-corrected chi connectivity index (χ4v) is 2.27. The van der Waals surface area contributed by atoms with Gasteiger partial charge < -0.3 is 20.4 Å². The summed E-state index contributed by atoms with van der Waals surface area (Å²) in [4.78, 5) is 43.5. The Morgan fingerprint density at radius 1 is 1.19 bits per heavy atom. The Bertz CT molecular complexity index is 851. The molecule has 0 aliphatic carbocycles. The minimum atomic E-state index is -0.882. The normalized spacial score (nSPS) is 12.2. The van der Waals surface area contributed by atoms with E-state index in [2.05, 4.69) is 20.6 Å². The van der Waals surface area contributed by atoms with Crippen LogP contribution in [0.5, 0.6) is 0 Å². The Morgan fingerprint density at radius 3 is 2.52 bits per heavy atom. The van der Waals surface area contributed by atoms with Crippen LogP contribution in [-0.2, 0) is 9.53 Å². The van der Waals surface area contributed by atoms with Crippen molar-refractivity contribution in [2.75, 3.05) is 5.32 Å². The zero-order valence-electron chi connectivity index (χ0n) is 16.0. The molecular weight excluding hydrogens is 348 g/mol. The number of carbonyl (C=O) groups is 3. The number of ether oxygens (including phenoxy) is 1. The number of esters is 1. The Hall–Kier alpha value is -3.16. The molecule has 2 amide bonds. The van der Waals surface area contributed by atoms with Gasteiger partial charge >= 0.3 is 5.97 Å². The van der Waals surface area contributed by atoms with Crippen LogP contribution >= 0.6 is 0 Å². The standard InChI is InChI=1S/C19H24N4O4/c1-11-7-6-8-13(9-11)23-17(25)15-14(20-10-21-15)16(24)22-12(2)18(26)27-19(3,4)5/h6-10,12H,1-5H3,(H,20,21)(H,22,24)(H,23,25)/t12-/m0/s1. The van der Waals surface area contributed by atoms with Crippen molar-refractivity contribution in [1.82, 2.24) is 15.3 Å². The second-order valence-corrected chi connectivity index (χ2v) is 7.18. The van der Waals surface area contributed by atoms with Gasteiger partial charge in [-0.2, -0.15) is 0 Å². The summed E-state index contributed by atoms with van der Waals surface area (Å²) in [6, 6.07) is 6.37. The molecular formula is C19H24N4O4. The summed E-state index contributed by atoms with van der Waals surface area (Å²) >= 11 is 0. The SMILES string of the molecule is Cc1cccc(NC(=O)c2nc[nH]c2C(=O)N[C@@H](C)C(=O)OC(C)(C)C)c1. The van der Waals surface area contributed by atoms with Gasteiger partial charge in [-0.25, -0.2) is 9.78 Å². The summed E-state index contributed by atoms with van der Waals surface area (Å²) in [5, 5.41) is 5.20. The number of benzene rings is 1. The summed E-state index contributed by atoms with van der Waals surface area (Å²) in [6.45, 7) is 8.63. The number of H-pyrrole nitrogens is 1.